The van der Waals surface area contributed by atoms with E-state index in [9.17, 15) is 0 Å². The summed E-state index contributed by atoms with van der Waals surface area (Å²) in [6.07, 6.45) is 12.7. The molecule has 0 saturated carbocycles. The SMILES string of the molecule is CCCCC/C=C(\CCCCC)c1ccc(Cl)cc1. The van der Waals surface area contributed by atoms with Crippen molar-refractivity contribution in [3.05, 3.63) is 40.9 Å². The minimum absolute atomic E-state index is 0.822. The van der Waals surface area contributed by atoms with Crippen molar-refractivity contribution >= 4 is 17.2 Å². The van der Waals surface area contributed by atoms with Gasteiger partial charge in [-0.3, -0.25) is 0 Å². The van der Waals surface area contributed by atoms with Crippen molar-refractivity contribution < 1.29 is 0 Å². The zero-order valence-corrected chi connectivity index (χ0v) is 13.2. The third-order valence-electron chi connectivity index (χ3n) is 3.46. The van der Waals surface area contributed by atoms with Crippen LogP contribution in [0.2, 0.25) is 5.02 Å². The second kappa shape index (κ2) is 10.1. The molecule has 106 valence electrons. The Hall–Kier alpha value is -0.750. The maximum Gasteiger partial charge on any atom is 0.0406 e. The third-order valence-corrected chi connectivity index (χ3v) is 3.72. The lowest BCUT2D eigenvalue weighted by atomic mass is 9.98. The first-order chi connectivity index (χ1) is 9.27. The summed E-state index contributed by atoms with van der Waals surface area (Å²) < 4.78 is 0. The van der Waals surface area contributed by atoms with Gasteiger partial charge in [-0.25, -0.2) is 0 Å². The van der Waals surface area contributed by atoms with Crippen LogP contribution in [0.5, 0.6) is 0 Å². The summed E-state index contributed by atoms with van der Waals surface area (Å²) in [7, 11) is 0. The van der Waals surface area contributed by atoms with Crippen LogP contribution in [0.25, 0.3) is 5.57 Å². The molecule has 1 aromatic carbocycles. The zero-order chi connectivity index (χ0) is 13.9. The summed E-state index contributed by atoms with van der Waals surface area (Å²) >= 11 is 5.97. The van der Waals surface area contributed by atoms with Crippen LogP contribution in [0.4, 0.5) is 0 Å². The predicted molar refractivity (Wildman–Crippen MR) is 87.7 cm³/mol. The number of benzene rings is 1. The van der Waals surface area contributed by atoms with Crippen LogP contribution in [0.15, 0.2) is 30.3 Å². The number of hydrogen-bond donors (Lipinski definition) is 0. The third kappa shape index (κ3) is 6.82. The van der Waals surface area contributed by atoms with Crippen LogP contribution in [0.1, 0.15) is 70.8 Å². The molecule has 0 radical (unpaired) electrons. The standard InChI is InChI=1S/C18H27Cl/c1-3-5-7-9-11-16(10-8-6-4-2)17-12-14-18(19)15-13-17/h11-15H,3-10H2,1-2H3/b16-11+. The highest BCUT2D eigenvalue weighted by molar-refractivity contribution is 6.30. The maximum atomic E-state index is 5.97. The Morgan fingerprint density at radius 2 is 1.58 bits per heavy atom. The van der Waals surface area contributed by atoms with Crippen molar-refractivity contribution in [2.75, 3.05) is 0 Å². The Morgan fingerprint density at radius 3 is 2.21 bits per heavy atom. The Labute approximate surface area is 123 Å². The lowest BCUT2D eigenvalue weighted by molar-refractivity contribution is 0.720. The van der Waals surface area contributed by atoms with E-state index in [2.05, 4.69) is 32.1 Å². The number of halogens is 1. The first-order valence-corrected chi connectivity index (χ1v) is 8.10. The van der Waals surface area contributed by atoms with Crippen molar-refractivity contribution in [3.8, 4) is 0 Å². The molecule has 0 atom stereocenters. The fourth-order valence-electron chi connectivity index (χ4n) is 2.26. The molecule has 1 aromatic rings. The molecule has 0 fully saturated rings. The number of unbranched alkanes of at least 4 members (excludes halogenated alkanes) is 5. The quantitative estimate of drug-likeness (QED) is 0.432. The average molecular weight is 279 g/mol. The van der Waals surface area contributed by atoms with E-state index in [1.807, 2.05) is 12.1 Å². The zero-order valence-electron chi connectivity index (χ0n) is 12.4. The van der Waals surface area contributed by atoms with Gasteiger partial charge >= 0.3 is 0 Å². The molecule has 0 heterocycles. The lowest BCUT2D eigenvalue weighted by Gasteiger charge is -2.08. The fourth-order valence-corrected chi connectivity index (χ4v) is 2.39. The van der Waals surface area contributed by atoms with Crippen LogP contribution in [0, 0.1) is 0 Å². The molecule has 0 aliphatic carbocycles. The highest BCUT2D eigenvalue weighted by atomic mass is 35.5. The molecule has 0 amide bonds. The summed E-state index contributed by atoms with van der Waals surface area (Å²) in [5.74, 6) is 0. The average Bonchev–Trinajstić information content (AvgIpc) is 2.43. The van der Waals surface area contributed by atoms with E-state index in [1.165, 1.54) is 62.5 Å². The molecule has 0 spiro atoms. The van der Waals surface area contributed by atoms with Gasteiger partial charge in [0.1, 0.15) is 0 Å². The minimum Gasteiger partial charge on any atom is -0.0843 e. The summed E-state index contributed by atoms with van der Waals surface area (Å²) in [5, 5.41) is 0.822. The summed E-state index contributed by atoms with van der Waals surface area (Å²) in [6.45, 7) is 4.51. The Balaban J connectivity index is 2.64. The molecule has 0 aromatic heterocycles. The monoisotopic (exact) mass is 278 g/mol. The number of allylic oxidation sites excluding steroid dienone is 2. The topological polar surface area (TPSA) is 0 Å². The van der Waals surface area contributed by atoms with E-state index in [0.29, 0.717) is 0 Å². The normalized spacial score (nSPS) is 11.8. The molecule has 0 N–H and O–H groups in total. The van der Waals surface area contributed by atoms with Crippen molar-refractivity contribution in [2.45, 2.75) is 65.2 Å². The van der Waals surface area contributed by atoms with E-state index in [4.69, 9.17) is 11.6 Å². The van der Waals surface area contributed by atoms with E-state index < -0.39 is 0 Å². The first-order valence-electron chi connectivity index (χ1n) is 7.73. The van der Waals surface area contributed by atoms with Gasteiger partial charge in [0.25, 0.3) is 0 Å². The van der Waals surface area contributed by atoms with Crippen molar-refractivity contribution in [3.63, 3.8) is 0 Å². The maximum absolute atomic E-state index is 5.97. The van der Waals surface area contributed by atoms with Gasteiger partial charge in [-0.1, -0.05) is 69.3 Å². The van der Waals surface area contributed by atoms with Crippen LogP contribution in [-0.2, 0) is 0 Å². The summed E-state index contributed by atoms with van der Waals surface area (Å²) in [4.78, 5) is 0. The first kappa shape index (κ1) is 16.3. The van der Waals surface area contributed by atoms with Gasteiger partial charge in [0.05, 0.1) is 0 Å². The Morgan fingerprint density at radius 1 is 0.947 bits per heavy atom. The molecular formula is C18H27Cl. The van der Waals surface area contributed by atoms with Crippen molar-refractivity contribution in [1.82, 2.24) is 0 Å². The van der Waals surface area contributed by atoms with Gasteiger partial charge in [-0.2, -0.15) is 0 Å². The largest absolute Gasteiger partial charge is 0.0843 e. The summed E-state index contributed by atoms with van der Waals surface area (Å²) in [5.41, 5.74) is 2.85. The van der Waals surface area contributed by atoms with E-state index in [0.717, 1.165) is 5.02 Å². The molecule has 0 unspecified atom stereocenters. The number of hydrogen-bond acceptors (Lipinski definition) is 0. The molecule has 0 aliphatic rings. The molecule has 0 aliphatic heterocycles. The van der Waals surface area contributed by atoms with Crippen LogP contribution in [-0.4, -0.2) is 0 Å². The van der Waals surface area contributed by atoms with Crippen LogP contribution < -0.4 is 0 Å². The highest BCUT2D eigenvalue weighted by Gasteiger charge is 2.01. The second-order valence-corrected chi connectivity index (χ2v) is 5.63. The van der Waals surface area contributed by atoms with Crippen molar-refractivity contribution in [1.29, 1.82) is 0 Å². The minimum atomic E-state index is 0.822. The smallest absolute Gasteiger partial charge is 0.0406 e. The molecule has 1 heteroatoms. The molecule has 0 saturated heterocycles. The van der Waals surface area contributed by atoms with E-state index >= 15 is 0 Å². The predicted octanol–water partition coefficient (Wildman–Crippen LogP) is 6.88. The molecule has 19 heavy (non-hydrogen) atoms. The fraction of sp³-hybridized carbons (Fsp3) is 0.556. The van der Waals surface area contributed by atoms with Gasteiger partial charge in [0.15, 0.2) is 0 Å². The van der Waals surface area contributed by atoms with Gasteiger partial charge in [-0.15, -0.1) is 0 Å². The van der Waals surface area contributed by atoms with Gasteiger partial charge in [0.2, 0.25) is 0 Å². The Kier molecular flexibility index (Phi) is 8.66. The van der Waals surface area contributed by atoms with E-state index in [1.54, 1.807) is 0 Å². The lowest BCUT2D eigenvalue weighted by Crippen LogP contribution is -1.87. The van der Waals surface area contributed by atoms with Gasteiger partial charge in [-0.05, 0) is 49.0 Å². The molecule has 0 bridgehead atoms. The van der Waals surface area contributed by atoms with Crippen LogP contribution >= 0.6 is 11.6 Å². The molecular weight excluding hydrogens is 252 g/mol. The molecule has 1 rings (SSSR count). The summed E-state index contributed by atoms with van der Waals surface area (Å²) in [6, 6.07) is 8.30. The molecule has 0 nitrogen and oxygen atoms in total. The van der Waals surface area contributed by atoms with Crippen LogP contribution in [0.3, 0.4) is 0 Å². The Bertz CT molecular complexity index is 362. The van der Waals surface area contributed by atoms with E-state index in [-0.39, 0.29) is 0 Å². The highest BCUT2D eigenvalue weighted by Crippen LogP contribution is 2.24. The second-order valence-electron chi connectivity index (χ2n) is 5.19. The van der Waals surface area contributed by atoms with Crippen molar-refractivity contribution in [2.24, 2.45) is 0 Å². The number of rotatable bonds is 9. The van der Waals surface area contributed by atoms with Gasteiger partial charge in [0, 0.05) is 5.02 Å². The van der Waals surface area contributed by atoms with Gasteiger partial charge < -0.3 is 0 Å².